The Kier molecular flexibility index (Phi) is 8.17. The van der Waals surface area contributed by atoms with Gasteiger partial charge in [-0.05, 0) is 60.2 Å². The number of nitrogens with one attached hydrogen (secondary N) is 1. The molecule has 0 bridgehead atoms. The molecule has 3 heterocycles. The minimum Gasteiger partial charge on any atom is -0.496 e. The summed E-state index contributed by atoms with van der Waals surface area (Å²) in [7, 11) is -4.51. The molecule has 0 unspecified atom stereocenters. The Morgan fingerprint density at radius 1 is 0.980 bits per heavy atom. The second-order valence-electron chi connectivity index (χ2n) is 12.9. The summed E-state index contributed by atoms with van der Waals surface area (Å²) in [5.41, 5.74) is 1.20. The molecule has 1 saturated heterocycles. The SMILES string of the molecule is CNC(=O)c1c(-c2ccc(F)cc2)oc2cc(N(CC3(C)CS(=O)(=O)C3)S(C)(=O)=O)c(-c3ccc(OC)c(-c4nc5c(F)cccc5o4)c3)cc12. The van der Waals surface area contributed by atoms with Crippen LogP contribution >= 0.6 is 0 Å². The van der Waals surface area contributed by atoms with E-state index in [0.717, 1.165) is 10.6 Å². The Balaban J connectivity index is 1.51. The van der Waals surface area contributed by atoms with Gasteiger partial charge in [0.05, 0.1) is 41.7 Å². The molecule has 7 rings (SSSR count). The third-order valence-corrected chi connectivity index (χ3v) is 12.2. The fourth-order valence-corrected chi connectivity index (χ4v) is 9.91. The zero-order valence-electron chi connectivity index (χ0n) is 27.8. The molecule has 264 valence electrons. The number of furan rings is 1. The van der Waals surface area contributed by atoms with Crippen LogP contribution in [0, 0.1) is 17.0 Å². The van der Waals surface area contributed by atoms with Gasteiger partial charge in [-0.1, -0.05) is 19.1 Å². The maximum atomic E-state index is 14.6. The molecule has 1 aliphatic rings. The van der Waals surface area contributed by atoms with E-state index in [1.54, 1.807) is 37.3 Å². The molecule has 15 heteroatoms. The zero-order valence-corrected chi connectivity index (χ0v) is 29.4. The van der Waals surface area contributed by atoms with E-state index in [1.165, 1.54) is 56.6 Å². The average Bonchev–Trinajstić information content (AvgIpc) is 3.67. The van der Waals surface area contributed by atoms with Crippen molar-refractivity contribution < 1.29 is 44.0 Å². The Labute approximate surface area is 291 Å². The number of amides is 1. The number of halogens is 2. The lowest BCUT2D eigenvalue weighted by atomic mass is 9.93. The highest BCUT2D eigenvalue weighted by molar-refractivity contribution is 7.93. The van der Waals surface area contributed by atoms with Crippen LogP contribution in [0.5, 0.6) is 5.75 Å². The van der Waals surface area contributed by atoms with E-state index in [4.69, 9.17) is 13.6 Å². The standard InChI is InChI=1S/C36H31F2N3O8S2/c1-36(18-51(45,46)19-36)17-41(50(4,43)44)27-16-30-24(31(34(42)39-2)33(48-30)20-8-11-22(37)12-9-20)15-23(27)21-10-13-28(47-3)25(14-21)35-40-32-26(38)6-5-7-29(32)49-35/h5-16H,17-19H2,1-4H3,(H,39,42). The number of ether oxygens (including phenoxy) is 1. The average molecular weight is 736 g/mol. The molecule has 6 aromatic rings. The van der Waals surface area contributed by atoms with Gasteiger partial charge in [-0.25, -0.2) is 30.6 Å². The molecule has 11 nitrogen and oxygen atoms in total. The molecule has 51 heavy (non-hydrogen) atoms. The number of benzene rings is 4. The van der Waals surface area contributed by atoms with Crippen LogP contribution in [0.4, 0.5) is 14.5 Å². The summed E-state index contributed by atoms with van der Waals surface area (Å²) in [6, 6.07) is 17.7. The Morgan fingerprint density at radius 2 is 1.69 bits per heavy atom. The molecule has 0 saturated carbocycles. The molecule has 0 radical (unpaired) electrons. The van der Waals surface area contributed by atoms with E-state index in [0.29, 0.717) is 33.4 Å². The predicted molar refractivity (Wildman–Crippen MR) is 189 cm³/mol. The van der Waals surface area contributed by atoms with Gasteiger partial charge in [0.25, 0.3) is 5.91 Å². The molecule has 2 aromatic heterocycles. The van der Waals surface area contributed by atoms with E-state index in [2.05, 4.69) is 10.3 Å². The molecular formula is C36H31F2N3O8S2. The van der Waals surface area contributed by atoms with Crippen molar-refractivity contribution in [3.8, 4) is 39.7 Å². The third-order valence-electron chi connectivity index (χ3n) is 8.81. The second-order valence-corrected chi connectivity index (χ2v) is 16.9. The molecule has 0 atom stereocenters. The number of aromatic nitrogens is 1. The Morgan fingerprint density at radius 3 is 2.31 bits per heavy atom. The van der Waals surface area contributed by atoms with Gasteiger partial charge >= 0.3 is 0 Å². The van der Waals surface area contributed by atoms with Crippen molar-refractivity contribution in [1.82, 2.24) is 10.3 Å². The van der Waals surface area contributed by atoms with Crippen molar-refractivity contribution >= 4 is 53.5 Å². The fourth-order valence-electron chi connectivity index (χ4n) is 6.64. The summed E-state index contributed by atoms with van der Waals surface area (Å²) >= 11 is 0. The molecule has 1 N–H and O–H groups in total. The molecule has 0 aliphatic carbocycles. The number of carbonyl (C=O) groups excluding carboxylic acids is 1. The number of hydrogen-bond donors (Lipinski definition) is 1. The second kappa shape index (κ2) is 12.2. The topological polar surface area (TPSA) is 149 Å². The van der Waals surface area contributed by atoms with Crippen LogP contribution in [0.25, 0.3) is 56.0 Å². The first-order valence-electron chi connectivity index (χ1n) is 15.6. The first kappa shape index (κ1) is 34.2. The number of hydrogen-bond acceptors (Lipinski definition) is 9. The van der Waals surface area contributed by atoms with Crippen molar-refractivity contribution in [2.75, 3.05) is 42.8 Å². The number of fused-ring (bicyclic) bond motifs is 2. The number of anilines is 1. The number of rotatable bonds is 9. The predicted octanol–water partition coefficient (Wildman–Crippen LogP) is 6.42. The van der Waals surface area contributed by atoms with Crippen LogP contribution in [-0.4, -0.2) is 66.2 Å². The van der Waals surface area contributed by atoms with E-state index in [-0.39, 0.29) is 57.6 Å². The molecule has 4 aromatic carbocycles. The fraction of sp³-hybridized carbons (Fsp3) is 0.222. The maximum absolute atomic E-state index is 14.6. The van der Waals surface area contributed by atoms with E-state index in [1.807, 2.05) is 0 Å². The Bertz CT molecular complexity index is 2590. The quantitative estimate of drug-likeness (QED) is 0.178. The highest BCUT2D eigenvalue weighted by Gasteiger charge is 2.47. The van der Waals surface area contributed by atoms with Crippen LogP contribution in [0.3, 0.4) is 0 Å². The van der Waals surface area contributed by atoms with Crippen molar-refractivity contribution in [2.24, 2.45) is 5.41 Å². The summed E-state index contributed by atoms with van der Waals surface area (Å²) in [6.45, 7) is 1.52. The van der Waals surface area contributed by atoms with Gasteiger partial charge in [0.2, 0.25) is 15.9 Å². The molecule has 1 aliphatic heterocycles. The molecular weight excluding hydrogens is 705 g/mol. The van der Waals surface area contributed by atoms with Gasteiger partial charge in [-0.15, -0.1) is 0 Å². The van der Waals surface area contributed by atoms with Gasteiger partial charge in [0.1, 0.15) is 28.4 Å². The van der Waals surface area contributed by atoms with Crippen LogP contribution in [-0.2, 0) is 19.9 Å². The summed E-state index contributed by atoms with van der Waals surface area (Å²) in [5.74, 6) is -1.51. The summed E-state index contributed by atoms with van der Waals surface area (Å²) in [6.07, 6.45) is 1.02. The normalized spacial score (nSPS) is 15.1. The number of carbonyl (C=O) groups is 1. The molecule has 1 amide bonds. The summed E-state index contributed by atoms with van der Waals surface area (Å²) < 4.78 is 99.1. The minimum absolute atomic E-state index is 0.0101. The minimum atomic E-state index is -4.06. The van der Waals surface area contributed by atoms with Crippen LogP contribution in [0.15, 0.2) is 81.6 Å². The maximum Gasteiger partial charge on any atom is 0.255 e. The first-order chi connectivity index (χ1) is 24.1. The van der Waals surface area contributed by atoms with Gasteiger partial charge in [0, 0.05) is 41.6 Å². The summed E-state index contributed by atoms with van der Waals surface area (Å²) in [5, 5.41) is 2.93. The smallest absolute Gasteiger partial charge is 0.255 e. The highest BCUT2D eigenvalue weighted by Crippen LogP contribution is 2.45. The number of sulfone groups is 1. The Hall–Kier alpha value is -5.28. The number of sulfonamides is 1. The van der Waals surface area contributed by atoms with Crippen molar-refractivity contribution in [3.63, 3.8) is 0 Å². The largest absolute Gasteiger partial charge is 0.496 e. The van der Waals surface area contributed by atoms with Crippen molar-refractivity contribution in [3.05, 3.63) is 90.0 Å². The van der Waals surface area contributed by atoms with Crippen molar-refractivity contribution in [1.29, 1.82) is 0 Å². The van der Waals surface area contributed by atoms with Crippen LogP contribution in [0.1, 0.15) is 17.3 Å². The number of nitrogens with zero attached hydrogens (tertiary/aromatic N) is 2. The van der Waals surface area contributed by atoms with Crippen molar-refractivity contribution in [2.45, 2.75) is 6.92 Å². The van der Waals surface area contributed by atoms with Gasteiger partial charge in [-0.2, -0.15) is 0 Å². The molecule has 0 spiro atoms. The van der Waals surface area contributed by atoms with Crippen LogP contribution < -0.4 is 14.4 Å². The van der Waals surface area contributed by atoms with Gasteiger partial charge in [-0.3, -0.25) is 9.10 Å². The lowest BCUT2D eigenvalue weighted by molar-refractivity contribution is 0.0964. The summed E-state index contributed by atoms with van der Waals surface area (Å²) in [4.78, 5) is 17.8. The number of oxazole rings is 1. The van der Waals surface area contributed by atoms with Gasteiger partial charge in [0.15, 0.2) is 21.2 Å². The lowest BCUT2D eigenvalue weighted by Crippen LogP contribution is -2.54. The molecule has 1 fully saturated rings. The highest BCUT2D eigenvalue weighted by atomic mass is 32.2. The van der Waals surface area contributed by atoms with E-state index < -0.39 is 42.8 Å². The van der Waals surface area contributed by atoms with Gasteiger partial charge < -0.3 is 18.9 Å². The van der Waals surface area contributed by atoms with Crippen LogP contribution in [0.2, 0.25) is 0 Å². The van der Waals surface area contributed by atoms with E-state index in [9.17, 15) is 30.4 Å². The first-order valence-corrected chi connectivity index (χ1v) is 19.3. The monoisotopic (exact) mass is 735 g/mol. The number of para-hydroxylation sites is 1. The third kappa shape index (κ3) is 6.20. The zero-order chi connectivity index (χ0) is 36.5. The lowest BCUT2D eigenvalue weighted by Gasteiger charge is -2.41. The van der Waals surface area contributed by atoms with E-state index >= 15 is 0 Å². The number of methoxy groups -OCH3 is 1.